The van der Waals surface area contributed by atoms with Crippen LogP contribution < -0.4 is 10.6 Å². The zero-order chi connectivity index (χ0) is 90.7. The number of carbonyl (C=O) groups excluding carboxylic acids is 4. The third kappa shape index (κ3) is 18.5. The fraction of sp³-hybridized carbons (Fsp3) is 0.952. The highest BCUT2D eigenvalue weighted by atomic mass is 16.6. The molecule has 4 spiro atoms. The molecule has 0 atom stereocenters. The number of nitro groups is 3. The Bertz CT molecular complexity index is 3410. The second-order valence-electron chi connectivity index (χ2n) is 45.1. The number of hydrogen-bond donors (Lipinski definition) is 3. The summed E-state index contributed by atoms with van der Waals surface area (Å²) < 4.78 is 10.0. The first-order valence-electron chi connectivity index (χ1n) is 53.9. The number of methoxy groups -OCH3 is 1. The van der Waals surface area contributed by atoms with Gasteiger partial charge in [-0.15, -0.1) is 0 Å². The van der Waals surface area contributed by atoms with Gasteiger partial charge in [0.2, 0.25) is 28.9 Å². The fourth-order valence-corrected chi connectivity index (χ4v) is 37.4. The normalized spacial score (nSPS) is 46.1. The van der Waals surface area contributed by atoms with Crippen LogP contribution in [0.4, 0.5) is 4.79 Å². The van der Waals surface area contributed by atoms with Crippen LogP contribution in [-0.4, -0.2) is 133 Å². The Balaban J connectivity index is 0.000000124. The van der Waals surface area contributed by atoms with Gasteiger partial charge in [-0.1, -0.05) is 83.1 Å². The lowest BCUT2D eigenvalue weighted by Crippen LogP contribution is -2.64. The largest absolute Gasteiger partial charge is 0.481 e. The number of hydrogen-bond acceptors (Lipinski definition) is 14. The van der Waals surface area contributed by atoms with Gasteiger partial charge < -0.3 is 35.0 Å². The molecule has 32 fully saturated rings. The van der Waals surface area contributed by atoms with Gasteiger partial charge >= 0.3 is 18.0 Å². The third-order valence-electron chi connectivity index (χ3n) is 40.2. The molecule has 0 aromatic rings. The van der Waals surface area contributed by atoms with Crippen LogP contribution in [0.2, 0.25) is 0 Å². The molecule has 32 rings (SSSR count). The standard InChI is InChI=1S/C16H25NO2.C14H21NO4.C14H23N.C13H19NO4.2C13H19NO.C10H15NO2.6C2H6/c1-2-19-15(18)17-5-3-4-16(17)13-7-11-6-12(9-13)10-14(16)8-11;1-19-13(16)2-3-14(15(17)18)11-5-9-4-10(7-11)8-12(14)6-9;1-15-4-2-3-14(15)12-6-10-5-11(8-12)9-13(14)7-10;15-12(16)1-2-13(14(17)18)10-4-8-3-9(6-10)7-11(13)5-8;2*15-12-1-2-13(14-12)10-4-8-3-9(6-10)7-11(13)5-8;12-11(13)10-8-2-6-1-7(4-8)5-9(10)3-6;6*1-2/h11-14H,2-10H2,1H3;9-12H,2-8H2,1H3;10-13H,2-9H2,1H3;8-11H,1-7H2,(H,15,16);2*8-11H,1-7H2,(H,14,15);6-10H,1-5H2;6*1-2H3. The van der Waals surface area contributed by atoms with Gasteiger partial charge in [-0.2, -0.15) is 0 Å². The molecule has 21 heteroatoms. The van der Waals surface area contributed by atoms with Crippen molar-refractivity contribution in [3.63, 3.8) is 0 Å². The van der Waals surface area contributed by atoms with E-state index in [-0.39, 0.29) is 92.4 Å². The van der Waals surface area contributed by atoms with Crippen molar-refractivity contribution in [2.75, 3.05) is 33.9 Å². The van der Waals surface area contributed by atoms with Crippen molar-refractivity contribution in [2.24, 2.45) is 166 Å². The first-order chi connectivity index (χ1) is 60.9. The molecule has 21 nitrogen and oxygen atoms in total. The predicted octanol–water partition coefficient (Wildman–Crippen LogP) is 23.5. The Morgan fingerprint density at radius 3 is 0.913 bits per heavy atom. The number of esters is 1. The summed E-state index contributed by atoms with van der Waals surface area (Å²) in [5, 5.41) is 49.9. The zero-order valence-electron chi connectivity index (χ0n) is 81.6. The summed E-state index contributed by atoms with van der Waals surface area (Å²) in [6.07, 6.45) is 55.4. The first-order valence-corrected chi connectivity index (χ1v) is 53.9. The van der Waals surface area contributed by atoms with Gasteiger partial charge in [-0.25, -0.2) is 4.79 Å². The molecule has 0 radical (unpaired) electrons. The fourth-order valence-electron chi connectivity index (χ4n) is 37.4. The van der Waals surface area contributed by atoms with E-state index in [0.29, 0.717) is 65.9 Å². The van der Waals surface area contributed by atoms with Gasteiger partial charge in [0.15, 0.2) is 0 Å². The number of nitrogens with one attached hydrogen (secondary N) is 2. The van der Waals surface area contributed by atoms with E-state index in [4.69, 9.17) is 9.84 Å². The van der Waals surface area contributed by atoms with E-state index in [2.05, 4.69) is 32.2 Å². The van der Waals surface area contributed by atoms with Gasteiger partial charge in [0, 0.05) is 99.1 Å². The van der Waals surface area contributed by atoms with Gasteiger partial charge in [-0.3, -0.25) is 49.5 Å². The van der Waals surface area contributed by atoms with Gasteiger partial charge in [0.05, 0.1) is 32.1 Å². The van der Waals surface area contributed by atoms with Crippen molar-refractivity contribution >= 4 is 29.8 Å². The van der Waals surface area contributed by atoms with Crippen LogP contribution in [0.1, 0.15) is 392 Å². The number of ether oxygens (including phenoxy) is 2. The molecule has 28 aliphatic carbocycles. The topological polar surface area (TPSA) is 284 Å². The SMILES string of the molecule is CC.CC.CC.CC.CC.CC.CCOC(=O)N1CCCC12C1CC3CC(C1)CC2C3.CN1CCCC12C1CC3CC(C1)CC2C3.COC(=O)CCC1([N+](=O)[O-])C2CC3CC(C2)CC1C3.O=C(O)CCC1([N+](=O)[O-])C2CC3CC(C2)CC1C3.O=C1CCC2(N1)C1CC3CC(C1)CC2C3.O=C1CCC2(N1)C1CC3CC(C1)CC2C3.O=[N+]([O-])C1C2CC3CC(C2)CC1C3. The Morgan fingerprint density at radius 2 is 0.659 bits per heavy atom. The van der Waals surface area contributed by atoms with E-state index in [1.54, 1.807) is 32.1 Å². The minimum atomic E-state index is -0.925. The first kappa shape index (κ1) is 98.8. The molecule has 4 heterocycles. The van der Waals surface area contributed by atoms with Crippen LogP contribution >= 0.6 is 0 Å². The van der Waals surface area contributed by atoms with E-state index in [0.717, 1.165) is 216 Å². The Labute approximate surface area is 760 Å². The number of carbonyl (C=O) groups is 5. The number of carboxylic acids is 1. The molecular weight excluding hydrogens is 1580 g/mol. The van der Waals surface area contributed by atoms with Crippen molar-refractivity contribution in [2.45, 2.75) is 431 Å². The van der Waals surface area contributed by atoms with Gasteiger partial charge in [-0.05, 0) is 414 Å². The molecule has 3 amide bonds. The van der Waals surface area contributed by atoms with E-state index in [9.17, 15) is 54.3 Å². The van der Waals surface area contributed by atoms with Gasteiger partial charge in [0.1, 0.15) is 0 Å². The van der Waals surface area contributed by atoms with E-state index >= 15 is 0 Å². The molecule has 0 aromatic carbocycles. The van der Waals surface area contributed by atoms with Crippen molar-refractivity contribution in [1.82, 2.24) is 20.4 Å². The molecule has 716 valence electrons. The highest BCUT2D eigenvalue weighted by Gasteiger charge is 2.69. The van der Waals surface area contributed by atoms with Crippen LogP contribution in [0.3, 0.4) is 0 Å². The maximum Gasteiger partial charge on any atom is 0.410 e. The molecule has 3 N–H and O–H groups in total. The number of carboxylic acid groups (broad SMARTS) is 1. The predicted molar refractivity (Wildman–Crippen MR) is 496 cm³/mol. The molecule has 4 aliphatic heterocycles. The van der Waals surface area contributed by atoms with Gasteiger partial charge in [0.25, 0.3) is 0 Å². The van der Waals surface area contributed by atoms with Crippen molar-refractivity contribution < 1.29 is 53.3 Å². The molecule has 4 saturated heterocycles. The summed E-state index contributed by atoms with van der Waals surface area (Å²) in [6, 6.07) is -0.173. The average Bonchev–Trinajstić information content (AvgIpc) is 1.41. The quantitative estimate of drug-likeness (QED) is 0.104. The molecule has 28 saturated carbocycles. The van der Waals surface area contributed by atoms with Crippen molar-refractivity contribution in [3.8, 4) is 0 Å². The number of nitrogens with zero attached hydrogens (tertiary/aromatic N) is 5. The smallest absolute Gasteiger partial charge is 0.410 e. The minimum absolute atomic E-state index is 0.00704. The lowest BCUT2D eigenvalue weighted by Gasteiger charge is -2.62. The van der Waals surface area contributed by atoms with Crippen molar-refractivity contribution in [1.29, 1.82) is 0 Å². The molecule has 0 unspecified atom stereocenters. The lowest BCUT2D eigenvalue weighted by molar-refractivity contribution is -0.605. The minimum Gasteiger partial charge on any atom is -0.481 e. The van der Waals surface area contributed by atoms with E-state index in [1.807, 2.05) is 90.0 Å². The average molecular weight is 1760 g/mol. The van der Waals surface area contributed by atoms with Crippen LogP contribution in [0, 0.1) is 196 Å². The van der Waals surface area contributed by atoms with E-state index in [1.165, 1.54) is 155 Å². The molecular formula is C105H177N7O14. The highest BCUT2D eigenvalue weighted by molar-refractivity contribution is 5.80. The number of aliphatic carboxylic acids is 1. The van der Waals surface area contributed by atoms with Crippen LogP contribution in [0.25, 0.3) is 0 Å². The number of rotatable bonds is 10. The van der Waals surface area contributed by atoms with Crippen LogP contribution in [0.5, 0.6) is 0 Å². The molecule has 32 aliphatic rings. The number of likely N-dealkylation sites (tertiary alicyclic amines) is 2. The molecule has 28 bridgehead atoms. The second-order valence-corrected chi connectivity index (χ2v) is 45.1. The molecule has 126 heavy (non-hydrogen) atoms. The van der Waals surface area contributed by atoms with Crippen LogP contribution in [-0.2, 0) is 28.7 Å². The van der Waals surface area contributed by atoms with Crippen molar-refractivity contribution in [3.05, 3.63) is 30.3 Å². The molecule has 0 aromatic heterocycles. The lowest BCUT2D eigenvalue weighted by atomic mass is 9.48. The maximum absolute atomic E-state index is 12.3. The summed E-state index contributed by atoms with van der Waals surface area (Å²) in [5.41, 5.74) is -0.352. The van der Waals surface area contributed by atoms with Crippen LogP contribution in [0.15, 0.2) is 0 Å². The number of amides is 3. The second kappa shape index (κ2) is 41.8. The summed E-state index contributed by atoms with van der Waals surface area (Å²) in [6.45, 7) is 28.7. The summed E-state index contributed by atoms with van der Waals surface area (Å²) in [4.78, 5) is 96.6. The third-order valence-corrected chi connectivity index (χ3v) is 40.2. The Kier molecular flexibility index (Phi) is 32.8. The Morgan fingerprint density at radius 1 is 0.389 bits per heavy atom. The highest BCUT2D eigenvalue weighted by Crippen LogP contribution is 2.68. The summed E-state index contributed by atoms with van der Waals surface area (Å²) >= 11 is 0. The monoisotopic (exact) mass is 1760 g/mol. The zero-order valence-corrected chi connectivity index (χ0v) is 81.6. The van der Waals surface area contributed by atoms with E-state index < -0.39 is 17.0 Å². The maximum atomic E-state index is 12.3. The summed E-state index contributed by atoms with van der Waals surface area (Å²) in [7, 11) is 3.76. The summed E-state index contributed by atoms with van der Waals surface area (Å²) in [5.74, 6) is 20.6. The Hall–Kier alpha value is -4.69.